The van der Waals surface area contributed by atoms with Gasteiger partial charge in [0.15, 0.2) is 9.84 Å². The number of likely N-dealkylation sites (tertiary alicyclic amines) is 1. The van der Waals surface area contributed by atoms with Gasteiger partial charge in [-0.15, -0.1) is 0 Å². The first kappa shape index (κ1) is 12.8. The molecule has 0 bridgehead atoms. The summed E-state index contributed by atoms with van der Waals surface area (Å²) in [7, 11) is -2.99. The first-order valence-corrected chi connectivity index (χ1v) is 7.68. The molecular formula is C10H18N2O4S. The fourth-order valence-electron chi connectivity index (χ4n) is 2.31. The Labute approximate surface area is 101 Å². The Balaban J connectivity index is 1.86. The molecule has 0 saturated carbocycles. The third kappa shape index (κ3) is 3.40. The molecule has 0 aromatic rings. The molecule has 0 spiro atoms. The molecule has 98 valence electrons. The predicted molar refractivity (Wildman–Crippen MR) is 62.3 cm³/mol. The van der Waals surface area contributed by atoms with Crippen LogP contribution in [-0.2, 0) is 14.6 Å². The van der Waals surface area contributed by atoms with Crippen molar-refractivity contribution in [2.24, 2.45) is 0 Å². The fourth-order valence-corrected chi connectivity index (χ4v) is 3.75. The number of sulfone groups is 1. The fraction of sp³-hybridized carbons (Fsp3) is 0.900. The normalized spacial score (nSPS) is 32.6. The van der Waals surface area contributed by atoms with Crippen molar-refractivity contribution in [3.8, 4) is 0 Å². The van der Waals surface area contributed by atoms with E-state index in [2.05, 4.69) is 5.32 Å². The number of carbonyl (C=O) groups is 1. The number of nitrogens with one attached hydrogen (secondary N) is 1. The van der Waals surface area contributed by atoms with Gasteiger partial charge in [-0.1, -0.05) is 0 Å². The largest absolute Gasteiger partial charge is 0.391 e. The van der Waals surface area contributed by atoms with E-state index in [9.17, 15) is 18.3 Å². The number of hydrogen-bond acceptors (Lipinski definition) is 5. The summed E-state index contributed by atoms with van der Waals surface area (Å²) in [5, 5.41) is 12.4. The molecule has 0 aliphatic carbocycles. The molecule has 17 heavy (non-hydrogen) atoms. The van der Waals surface area contributed by atoms with Gasteiger partial charge in [0, 0.05) is 32.1 Å². The van der Waals surface area contributed by atoms with E-state index >= 15 is 0 Å². The molecule has 2 N–H and O–H groups in total. The lowest BCUT2D eigenvalue weighted by atomic mass is 10.2. The molecule has 6 nitrogen and oxygen atoms in total. The van der Waals surface area contributed by atoms with Crippen molar-refractivity contribution in [1.29, 1.82) is 0 Å². The van der Waals surface area contributed by atoms with E-state index in [-0.39, 0.29) is 29.9 Å². The number of hydrogen-bond donors (Lipinski definition) is 2. The van der Waals surface area contributed by atoms with Crippen LogP contribution in [0, 0.1) is 0 Å². The summed E-state index contributed by atoms with van der Waals surface area (Å²) in [4.78, 5) is 13.5. The first-order chi connectivity index (χ1) is 7.96. The second kappa shape index (κ2) is 4.91. The minimum absolute atomic E-state index is 0.0368. The van der Waals surface area contributed by atoms with Crippen LogP contribution < -0.4 is 5.32 Å². The number of rotatable bonds is 2. The average molecular weight is 262 g/mol. The van der Waals surface area contributed by atoms with Crippen LogP contribution in [0.1, 0.15) is 12.8 Å². The Bertz CT molecular complexity index is 395. The van der Waals surface area contributed by atoms with Crippen molar-refractivity contribution in [2.45, 2.75) is 25.0 Å². The lowest BCUT2D eigenvalue weighted by Gasteiger charge is -2.25. The van der Waals surface area contributed by atoms with Crippen LogP contribution in [0.25, 0.3) is 0 Å². The molecule has 1 amide bonds. The van der Waals surface area contributed by atoms with Gasteiger partial charge in [-0.05, 0) is 6.42 Å². The van der Waals surface area contributed by atoms with E-state index in [1.165, 1.54) is 0 Å². The average Bonchev–Trinajstić information content (AvgIpc) is 2.63. The highest BCUT2D eigenvalue weighted by atomic mass is 32.2. The number of amides is 1. The number of carbonyl (C=O) groups excluding carboxylic acids is 1. The molecule has 2 aliphatic heterocycles. The van der Waals surface area contributed by atoms with Gasteiger partial charge >= 0.3 is 0 Å². The van der Waals surface area contributed by atoms with E-state index in [1.807, 2.05) is 0 Å². The van der Waals surface area contributed by atoms with Crippen LogP contribution >= 0.6 is 0 Å². The SMILES string of the molecule is O=C(CC1CS(=O)(=O)CCN1)N1CC[C@H](O)C1. The lowest BCUT2D eigenvalue weighted by molar-refractivity contribution is -0.130. The Hall–Kier alpha value is -0.660. The van der Waals surface area contributed by atoms with Crippen molar-refractivity contribution in [1.82, 2.24) is 10.2 Å². The summed E-state index contributed by atoms with van der Waals surface area (Å²) in [5.41, 5.74) is 0. The van der Waals surface area contributed by atoms with Crippen molar-refractivity contribution in [3.05, 3.63) is 0 Å². The molecule has 2 saturated heterocycles. The number of nitrogens with zero attached hydrogens (tertiary/aromatic N) is 1. The summed E-state index contributed by atoms with van der Waals surface area (Å²) in [6, 6.07) is -0.279. The van der Waals surface area contributed by atoms with Crippen LogP contribution in [0.4, 0.5) is 0 Å². The molecule has 2 aliphatic rings. The van der Waals surface area contributed by atoms with Crippen LogP contribution in [0.3, 0.4) is 0 Å². The minimum atomic E-state index is -2.99. The maximum absolute atomic E-state index is 11.9. The van der Waals surface area contributed by atoms with Crippen LogP contribution in [0.5, 0.6) is 0 Å². The lowest BCUT2D eigenvalue weighted by Crippen LogP contribution is -2.47. The van der Waals surface area contributed by atoms with Crippen LogP contribution in [0.15, 0.2) is 0 Å². The van der Waals surface area contributed by atoms with E-state index in [1.54, 1.807) is 4.90 Å². The molecule has 2 heterocycles. The standard InChI is InChI=1S/C10H18N2O4S/c13-9-1-3-12(6-9)10(14)5-8-7-17(15,16)4-2-11-8/h8-9,11,13H,1-7H2/t8?,9-/m0/s1. The molecule has 0 radical (unpaired) electrons. The van der Waals surface area contributed by atoms with Gasteiger partial charge in [-0.25, -0.2) is 8.42 Å². The van der Waals surface area contributed by atoms with Crippen molar-refractivity contribution in [3.63, 3.8) is 0 Å². The second-order valence-electron chi connectivity index (χ2n) is 4.75. The Kier molecular flexibility index (Phi) is 3.70. The van der Waals surface area contributed by atoms with Gasteiger partial charge in [-0.2, -0.15) is 0 Å². The quantitative estimate of drug-likeness (QED) is 0.623. The van der Waals surface area contributed by atoms with Crippen LogP contribution in [0.2, 0.25) is 0 Å². The van der Waals surface area contributed by atoms with Gasteiger partial charge in [-0.3, -0.25) is 4.79 Å². The monoisotopic (exact) mass is 262 g/mol. The molecular weight excluding hydrogens is 244 g/mol. The minimum Gasteiger partial charge on any atom is -0.391 e. The van der Waals surface area contributed by atoms with E-state index in [4.69, 9.17) is 0 Å². The number of aliphatic hydroxyl groups is 1. The highest BCUT2D eigenvalue weighted by Crippen LogP contribution is 2.13. The molecule has 2 rings (SSSR count). The molecule has 1 unspecified atom stereocenters. The van der Waals surface area contributed by atoms with Gasteiger partial charge in [0.05, 0.1) is 17.6 Å². The summed E-state index contributed by atoms with van der Waals surface area (Å²) in [6.07, 6.45) is 0.385. The van der Waals surface area contributed by atoms with Crippen LogP contribution in [-0.4, -0.2) is 67.6 Å². The summed E-state index contributed by atoms with van der Waals surface area (Å²) in [5.74, 6) is 0.117. The van der Waals surface area contributed by atoms with Gasteiger partial charge in [0.25, 0.3) is 0 Å². The van der Waals surface area contributed by atoms with E-state index < -0.39 is 15.9 Å². The smallest absolute Gasteiger partial charge is 0.224 e. The second-order valence-corrected chi connectivity index (χ2v) is 6.98. The van der Waals surface area contributed by atoms with E-state index in [0.29, 0.717) is 26.1 Å². The van der Waals surface area contributed by atoms with Crippen molar-refractivity contribution >= 4 is 15.7 Å². The summed E-state index contributed by atoms with van der Waals surface area (Å²) in [6.45, 7) is 1.36. The molecule has 0 aromatic carbocycles. The maximum Gasteiger partial charge on any atom is 0.224 e. The van der Waals surface area contributed by atoms with E-state index in [0.717, 1.165) is 0 Å². The molecule has 2 fully saturated rings. The zero-order valence-corrected chi connectivity index (χ0v) is 10.4. The zero-order valence-electron chi connectivity index (χ0n) is 9.63. The highest BCUT2D eigenvalue weighted by Gasteiger charge is 2.30. The highest BCUT2D eigenvalue weighted by molar-refractivity contribution is 7.91. The number of β-amino-alcohol motifs (C(OH)–C–C–N with tert-alkyl or cyclic N) is 1. The Morgan fingerprint density at radius 3 is 2.82 bits per heavy atom. The summed E-state index contributed by atoms with van der Waals surface area (Å²) >= 11 is 0. The maximum atomic E-state index is 11.9. The van der Waals surface area contributed by atoms with Gasteiger partial charge in [0.1, 0.15) is 0 Å². The zero-order chi connectivity index (χ0) is 12.5. The van der Waals surface area contributed by atoms with Crippen molar-refractivity contribution in [2.75, 3.05) is 31.1 Å². The van der Waals surface area contributed by atoms with Crippen molar-refractivity contribution < 1.29 is 18.3 Å². The molecule has 7 heteroatoms. The third-order valence-corrected chi connectivity index (χ3v) is 4.97. The number of aliphatic hydroxyl groups excluding tert-OH is 1. The summed E-state index contributed by atoms with van der Waals surface area (Å²) < 4.78 is 22.8. The Morgan fingerprint density at radius 1 is 1.47 bits per heavy atom. The first-order valence-electron chi connectivity index (χ1n) is 5.86. The van der Waals surface area contributed by atoms with Gasteiger partial charge in [0.2, 0.25) is 5.91 Å². The van der Waals surface area contributed by atoms with Gasteiger partial charge < -0.3 is 15.3 Å². The molecule has 2 atom stereocenters. The third-order valence-electron chi connectivity index (χ3n) is 3.24. The Morgan fingerprint density at radius 2 is 2.24 bits per heavy atom. The topological polar surface area (TPSA) is 86.7 Å². The predicted octanol–water partition coefficient (Wildman–Crippen LogP) is -1.64. The molecule has 0 aromatic heterocycles.